The molecule has 0 aliphatic carbocycles. The maximum Gasteiger partial charge on any atom is 0.251 e. The Bertz CT molecular complexity index is 387. The largest absolute Gasteiger partial charge is 0.396 e. The van der Waals surface area contributed by atoms with Crippen LogP contribution in [0.15, 0.2) is 18.3 Å². The number of hydrogen-bond acceptors (Lipinski definition) is 3. The van der Waals surface area contributed by atoms with Crippen LogP contribution in [-0.2, 0) is 6.54 Å². The van der Waals surface area contributed by atoms with Gasteiger partial charge in [-0.25, -0.2) is 0 Å². The van der Waals surface area contributed by atoms with E-state index in [2.05, 4.69) is 0 Å². The average molecular weight is 212 g/mol. The highest BCUT2D eigenvalue weighted by Gasteiger charge is 2.04. The van der Waals surface area contributed by atoms with Gasteiger partial charge in [0, 0.05) is 19.3 Å². The van der Waals surface area contributed by atoms with Crippen molar-refractivity contribution >= 4 is 18.1 Å². The molecule has 0 saturated carbocycles. The van der Waals surface area contributed by atoms with E-state index >= 15 is 0 Å². The smallest absolute Gasteiger partial charge is 0.251 e. The number of hydrogen-bond donors (Lipinski definition) is 2. The fourth-order valence-corrected chi connectivity index (χ4v) is 1.46. The van der Waals surface area contributed by atoms with E-state index in [-0.39, 0.29) is 6.61 Å². The maximum absolute atomic E-state index is 10.9. The van der Waals surface area contributed by atoms with Gasteiger partial charge < -0.3 is 15.4 Å². The predicted molar refractivity (Wildman–Crippen MR) is 55.5 cm³/mol. The summed E-state index contributed by atoms with van der Waals surface area (Å²) in [5.74, 6) is -0.520. The SMILES string of the molecule is NC(=O)c1cccn(CCCO)c1=S. The molecule has 0 aliphatic rings. The molecule has 0 aromatic carbocycles. The molecule has 0 bridgehead atoms. The lowest BCUT2D eigenvalue weighted by atomic mass is 10.2. The van der Waals surface area contributed by atoms with Gasteiger partial charge in [-0.15, -0.1) is 0 Å². The molecule has 14 heavy (non-hydrogen) atoms. The van der Waals surface area contributed by atoms with E-state index in [4.69, 9.17) is 23.1 Å². The zero-order valence-corrected chi connectivity index (χ0v) is 8.46. The standard InChI is InChI=1S/C9H12N2O2S/c10-8(13)7-3-1-4-11(9(7)14)5-2-6-12/h1,3-4,12H,2,5-6H2,(H2,10,13). The summed E-state index contributed by atoms with van der Waals surface area (Å²) in [5, 5.41) is 8.66. The summed E-state index contributed by atoms with van der Waals surface area (Å²) in [4.78, 5) is 10.9. The molecule has 1 heterocycles. The van der Waals surface area contributed by atoms with Crippen molar-refractivity contribution in [3.63, 3.8) is 0 Å². The monoisotopic (exact) mass is 212 g/mol. The molecular formula is C9H12N2O2S. The lowest BCUT2D eigenvalue weighted by molar-refractivity contribution is 0.0999. The van der Waals surface area contributed by atoms with Crippen molar-refractivity contribution in [1.29, 1.82) is 0 Å². The first-order valence-electron chi connectivity index (χ1n) is 4.27. The fraction of sp³-hybridized carbons (Fsp3) is 0.333. The van der Waals surface area contributed by atoms with Crippen LogP contribution in [0.25, 0.3) is 0 Å². The number of amides is 1. The van der Waals surface area contributed by atoms with Gasteiger partial charge in [0.25, 0.3) is 5.91 Å². The number of pyridine rings is 1. The van der Waals surface area contributed by atoms with E-state index in [0.717, 1.165) is 0 Å². The number of nitrogens with zero attached hydrogens (tertiary/aromatic N) is 1. The number of aliphatic hydroxyl groups excluding tert-OH is 1. The zero-order chi connectivity index (χ0) is 10.6. The molecule has 1 aromatic heterocycles. The molecule has 0 radical (unpaired) electrons. The lowest BCUT2D eigenvalue weighted by Crippen LogP contribution is -2.14. The van der Waals surface area contributed by atoms with Gasteiger partial charge >= 0.3 is 0 Å². The third kappa shape index (κ3) is 2.40. The third-order valence-corrected chi connectivity index (χ3v) is 2.30. The molecule has 0 unspecified atom stereocenters. The second kappa shape index (κ2) is 4.88. The number of rotatable bonds is 4. The van der Waals surface area contributed by atoms with Crippen LogP contribution in [0.2, 0.25) is 0 Å². The van der Waals surface area contributed by atoms with Gasteiger partial charge in [-0.2, -0.15) is 0 Å². The number of aromatic nitrogens is 1. The van der Waals surface area contributed by atoms with Crippen molar-refractivity contribution < 1.29 is 9.90 Å². The molecule has 0 aliphatic heterocycles. The highest BCUT2D eigenvalue weighted by Crippen LogP contribution is 2.03. The van der Waals surface area contributed by atoms with Gasteiger partial charge in [0.15, 0.2) is 0 Å². The van der Waals surface area contributed by atoms with Crippen LogP contribution < -0.4 is 5.73 Å². The molecule has 0 fully saturated rings. The number of aliphatic hydroxyl groups is 1. The maximum atomic E-state index is 10.9. The summed E-state index contributed by atoms with van der Waals surface area (Å²) in [5.41, 5.74) is 5.49. The Balaban J connectivity index is 3.02. The zero-order valence-electron chi connectivity index (χ0n) is 7.64. The van der Waals surface area contributed by atoms with Gasteiger partial charge in [-0.1, -0.05) is 12.2 Å². The van der Waals surface area contributed by atoms with Gasteiger partial charge in [0.2, 0.25) is 0 Å². The van der Waals surface area contributed by atoms with E-state index in [9.17, 15) is 4.79 Å². The summed E-state index contributed by atoms with van der Waals surface area (Å²) >= 11 is 5.06. The minimum absolute atomic E-state index is 0.0998. The Morgan fingerprint density at radius 1 is 1.64 bits per heavy atom. The lowest BCUT2D eigenvalue weighted by Gasteiger charge is -2.06. The predicted octanol–water partition coefficient (Wildman–Crippen LogP) is 0.699. The first kappa shape index (κ1) is 10.9. The van der Waals surface area contributed by atoms with E-state index < -0.39 is 5.91 Å². The number of carbonyl (C=O) groups is 1. The van der Waals surface area contributed by atoms with E-state index in [1.807, 2.05) is 0 Å². The molecule has 5 heteroatoms. The highest BCUT2D eigenvalue weighted by atomic mass is 32.1. The molecule has 0 saturated heterocycles. The summed E-state index contributed by atoms with van der Waals surface area (Å²) in [6.45, 7) is 0.693. The van der Waals surface area contributed by atoms with Gasteiger partial charge in [0.1, 0.15) is 4.64 Å². The Morgan fingerprint density at radius 3 is 2.93 bits per heavy atom. The van der Waals surface area contributed by atoms with Crippen LogP contribution in [0, 0.1) is 4.64 Å². The van der Waals surface area contributed by atoms with Crippen molar-refractivity contribution in [3.8, 4) is 0 Å². The van der Waals surface area contributed by atoms with Crippen LogP contribution in [-0.4, -0.2) is 22.2 Å². The Kier molecular flexibility index (Phi) is 3.79. The first-order chi connectivity index (χ1) is 6.66. The molecule has 0 spiro atoms. The van der Waals surface area contributed by atoms with Crippen molar-refractivity contribution in [2.45, 2.75) is 13.0 Å². The number of primary amides is 1. The molecule has 0 atom stereocenters. The quantitative estimate of drug-likeness (QED) is 0.722. The van der Waals surface area contributed by atoms with Crippen LogP contribution in [0.4, 0.5) is 0 Å². The van der Waals surface area contributed by atoms with Crippen LogP contribution >= 0.6 is 12.2 Å². The molecule has 3 N–H and O–H groups in total. The molecule has 76 valence electrons. The number of carbonyl (C=O) groups excluding carboxylic acids is 1. The minimum Gasteiger partial charge on any atom is -0.396 e. The first-order valence-corrected chi connectivity index (χ1v) is 4.67. The van der Waals surface area contributed by atoms with Gasteiger partial charge in [-0.3, -0.25) is 4.79 Å². The van der Waals surface area contributed by atoms with Gasteiger partial charge in [-0.05, 0) is 18.6 Å². The Morgan fingerprint density at radius 2 is 2.36 bits per heavy atom. The van der Waals surface area contributed by atoms with E-state index in [1.165, 1.54) is 0 Å². The molecular weight excluding hydrogens is 200 g/mol. The van der Waals surface area contributed by atoms with Crippen molar-refractivity contribution in [2.24, 2.45) is 5.73 Å². The Labute approximate surface area is 87.0 Å². The topological polar surface area (TPSA) is 68.2 Å². The molecule has 1 rings (SSSR count). The molecule has 4 nitrogen and oxygen atoms in total. The van der Waals surface area contributed by atoms with Gasteiger partial charge in [0.05, 0.1) is 5.56 Å². The fourth-order valence-electron chi connectivity index (χ4n) is 1.14. The average Bonchev–Trinajstić information content (AvgIpc) is 2.16. The normalized spacial score (nSPS) is 10.1. The minimum atomic E-state index is -0.520. The summed E-state index contributed by atoms with van der Waals surface area (Å²) in [6, 6.07) is 3.31. The third-order valence-electron chi connectivity index (χ3n) is 1.84. The highest BCUT2D eigenvalue weighted by molar-refractivity contribution is 7.71. The molecule has 1 amide bonds. The second-order valence-electron chi connectivity index (χ2n) is 2.86. The van der Waals surface area contributed by atoms with Crippen molar-refractivity contribution in [1.82, 2.24) is 4.57 Å². The van der Waals surface area contributed by atoms with Crippen LogP contribution in [0.5, 0.6) is 0 Å². The molecule has 1 aromatic rings. The van der Waals surface area contributed by atoms with E-state index in [0.29, 0.717) is 23.2 Å². The van der Waals surface area contributed by atoms with Crippen LogP contribution in [0.1, 0.15) is 16.8 Å². The summed E-state index contributed by atoms with van der Waals surface area (Å²) in [7, 11) is 0. The van der Waals surface area contributed by atoms with E-state index in [1.54, 1.807) is 22.9 Å². The van der Waals surface area contributed by atoms with Crippen LogP contribution in [0.3, 0.4) is 0 Å². The van der Waals surface area contributed by atoms with Crippen molar-refractivity contribution in [2.75, 3.05) is 6.61 Å². The summed E-state index contributed by atoms with van der Waals surface area (Å²) in [6.07, 6.45) is 2.38. The number of aryl methyl sites for hydroxylation is 1. The number of nitrogens with two attached hydrogens (primary N) is 1. The summed E-state index contributed by atoms with van der Waals surface area (Å²) < 4.78 is 2.15. The second-order valence-corrected chi connectivity index (χ2v) is 3.25. The van der Waals surface area contributed by atoms with Crippen molar-refractivity contribution in [3.05, 3.63) is 28.5 Å². The Hall–Kier alpha value is -1.20.